The van der Waals surface area contributed by atoms with Gasteiger partial charge in [-0.05, 0) is 0 Å². The zero-order chi connectivity index (χ0) is 7.33. The molecule has 0 aromatic rings. The second-order valence-corrected chi connectivity index (χ2v) is 5.63. The molecule has 0 aliphatic heterocycles. The molecule has 0 radical (unpaired) electrons. The van der Waals surface area contributed by atoms with Gasteiger partial charge in [-0.25, -0.2) is 0 Å². The minimum absolute atomic E-state index is 0.0938. The van der Waals surface area contributed by atoms with Gasteiger partial charge < -0.3 is 14.0 Å². The van der Waals surface area contributed by atoms with Gasteiger partial charge in [0.05, 0.1) is 11.7 Å². The van der Waals surface area contributed by atoms with Crippen molar-refractivity contribution in [3.63, 3.8) is 0 Å². The predicted molar refractivity (Wildman–Crippen MR) is 37.6 cm³/mol. The molecule has 56 valence electrons. The van der Waals surface area contributed by atoms with Gasteiger partial charge in [-0.3, -0.25) is 0 Å². The van der Waals surface area contributed by atoms with Crippen LogP contribution in [0.5, 0.6) is 0 Å². The van der Waals surface area contributed by atoms with Gasteiger partial charge in [-0.2, -0.15) is 0 Å². The lowest BCUT2D eigenvalue weighted by atomic mass is 11.7. The first kappa shape index (κ1) is 9.39. The van der Waals surface area contributed by atoms with Crippen LogP contribution in [0.1, 0.15) is 0 Å². The Kier molecular flexibility index (Phi) is 4.42. The van der Waals surface area contributed by atoms with Gasteiger partial charge in [-0.15, -0.1) is 11.6 Å². The van der Waals surface area contributed by atoms with Gasteiger partial charge in [0.25, 0.3) is 0 Å². The number of hydrogen-bond acceptors (Lipinski definition) is 3. The number of rotatable bonds is 4. The lowest BCUT2D eigenvalue weighted by molar-refractivity contribution is 0.202. The molecule has 0 aromatic carbocycles. The number of aliphatic hydroxyl groups excluding tert-OH is 1. The lowest BCUT2D eigenvalue weighted by Crippen LogP contribution is -2.47. The minimum Gasteiger partial charge on any atom is -0.396 e. The first-order valence-electron chi connectivity index (χ1n) is 2.52. The van der Waals surface area contributed by atoms with Gasteiger partial charge in [0.2, 0.25) is 0 Å². The Bertz CT molecular complexity index is 58.7. The summed E-state index contributed by atoms with van der Waals surface area (Å²) in [5.74, 6) is 0. The highest BCUT2D eigenvalue weighted by Crippen LogP contribution is 2.04. The highest BCUT2D eigenvalue weighted by molar-refractivity contribution is 6.74. The van der Waals surface area contributed by atoms with Gasteiger partial charge in [0.1, 0.15) is 0 Å². The van der Waals surface area contributed by atoms with Crippen LogP contribution in [0.2, 0.25) is 0 Å². The highest BCUT2D eigenvalue weighted by atomic mass is 35.5. The van der Waals surface area contributed by atoms with Crippen molar-refractivity contribution >= 4 is 20.2 Å². The molecule has 0 heterocycles. The third-order valence-corrected chi connectivity index (χ3v) is 4.79. The van der Waals surface area contributed by atoms with Crippen molar-refractivity contribution in [3.8, 4) is 0 Å². The van der Waals surface area contributed by atoms with Crippen molar-refractivity contribution in [2.24, 2.45) is 0 Å². The maximum absolute atomic E-state index is 8.70. The second kappa shape index (κ2) is 4.24. The third kappa shape index (κ3) is 2.23. The first-order chi connectivity index (χ1) is 4.24. The Morgan fingerprint density at radius 3 is 1.89 bits per heavy atom. The fraction of sp³-hybridized carbons (Fsp3) is 1.00. The second-order valence-electron chi connectivity index (χ2n) is 1.61. The van der Waals surface area contributed by atoms with Crippen LogP contribution in [0.25, 0.3) is 0 Å². The van der Waals surface area contributed by atoms with Crippen molar-refractivity contribution in [1.82, 2.24) is 0 Å². The molecule has 0 spiro atoms. The summed E-state index contributed by atoms with van der Waals surface area (Å²) in [6.45, 7) is 0. The maximum Gasteiger partial charge on any atom is 0.379 e. The van der Waals surface area contributed by atoms with Crippen LogP contribution >= 0.6 is 11.6 Å². The highest BCUT2D eigenvalue weighted by Gasteiger charge is 2.33. The standard InChI is InChI=1S/C4H11ClO3Si/c1-7-9(3-5,4-6)8-2/h6H,3-4H2,1-2H3. The number of hydrogen-bond donors (Lipinski definition) is 1. The van der Waals surface area contributed by atoms with Crippen LogP contribution < -0.4 is 0 Å². The maximum atomic E-state index is 8.70. The molecule has 5 heteroatoms. The topological polar surface area (TPSA) is 38.7 Å². The molecule has 0 aliphatic carbocycles. The molecule has 1 N–H and O–H groups in total. The van der Waals surface area contributed by atoms with Gasteiger partial charge in [0.15, 0.2) is 0 Å². The zero-order valence-electron chi connectivity index (χ0n) is 5.56. The molecule has 0 unspecified atom stereocenters. The number of halogens is 1. The zero-order valence-corrected chi connectivity index (χ0v) is 7.31. The van der Waals surface area contributed by atoms with E-state index in [1.165, 1.54) is 14.2 Å². The van der Waals surface area contributed by atoms with Gasteiger partial charge in [-0.1, -0.05) is 0 Å². The van der Waals surface area contributed by atoms with E-state index in [1.54, 1.807) is 0 Å². The Labute approximate surface area is 60.8 Å². The van der Waals surface area contributed by atoms with Crippen LogP contribution in [-0.2, 0) is 8.85 Å². The summed E-state index contributed by atoms with van der Waals surface area (Å²) >= 11 is 5.48. The summed E-state index contributed by atoms with van der Waals surface area (Å²) < 4.78 is 9.84. The molecule has 9 heavy (non-hydrogen) atoms. The average Bonchev–Trinajstić information content (AvgIpc) is 1.95. The summed E-state index contributed by atoms with van der Waals surface area (Å²) in [7, 11) is 0.618. The van der Waals surface area contributed by atoms with E-state index in [-0.39, 0.29) is 11.7 Å². The molecule has 0 fully saturated rings. The Morgan fingerprint density at radius 1 is 1.44 bits per heavy atom. The first-order valence-corrected chi connectivity index (χ1v) is 5.28. The summed E-state index contributed by atoms with van der Waals surface area (Å²) in [4.78, 5) is 0. The SMILES string of the molecule is CO[Si](CO)(CCl)OC. The monoisotopic (exact) mass is 170 g/mol. The van der Waals surface area contributed by atoms with E-state index < -0.39 is 8.56 Å². The van der Waals surface area contributed by atoms with E-state index in [0.29, 0.717) is 0 Å². The van der Waals surface area contributed by atoms with Crippen molar-refractivity contribution in [2.75, 3.05) is 26.0 Å². The molecule has 3 nitrogen and oxygen atoms in total. The number of aliphatic hydroxyl groups is 1. The molecule has 0 aromatic heterocycles. The molecule has 0 aliphatic rings. The molecule has 0 atom stereocenters. The molecule has 0 bridgehead atoms. The van der Waals surface area contributed by atoms with Crippen molar-refractivity contribution in [1.29, 1.82) is 0 Å². The molecular formula is C4H11ClO3Si. The smallest absolute Gasteiger partial charge is 0.379 e. The van der Waals surface area contributed by atoms with Gasteiger partial charge >= 0.3 is 8.56 Å². The third-order valence-electron chi connectivity index (χ3n) is 1.19. The summed E-state index contributed by atoms with van der Waals surface area (Å²) in [6, 6.07) is 0. The van der Waals surface area contributed by atoms with E-state index >= 15 is 0 Å². The van der Waals surface area contributed by atoms with E-state index in [9.17, 15) is 0 Å². The molecular weight excluding hydrogens is 160 g/mol. The Hall–Kier alpha value is 0.387. The van der Waals surface area contributed by atoms with Crippen LogP contribution in [0.4, 0.5) is 0 Å². The normalized spacial score (nSPS) is 12.0. The van der Waals surface area contributed by atoms with E-state index in [2.05, 4.69) is 0 Å². The quantitative estimate of drug-likeness (QED) is 0.478. The minimum atomic E-state index is -2.37. The molecule has 0 saturated carbocycles. The fourth-order valence-corrected chi connectivity index (χ4v) is 2.00. The largest absolute Gasteiger partial charge is 0.396 e. The van der Waals surface area contributed by atoms with Crippen LogP contribution in [-0.4, -0.2) is 39.6 Å². The fourth-order valence-electron chi connectivity index (χ4n) is 0.364. The summed E-state index contributed by atoms with van der Waals surface area (Å²) in [6.07, 6.45) is -0.0938. The summed E-state index contributed by atoms with van der Waals surface area (Å²) in [5.41, 5.74) is 0.260. The van der Waals surface area contributed by atoms with Crippen molar-refractivity contribution < 1.29 is 14.0 Å². The van der Waals surface area contributed by atoms with Crippen LogP contribution in [0, 0.1) is 0 Å². The Balaban J connectivity index is 3.82. The van der Waals surface area contributed by atoms with E-state index in [1.807, 2.05) is 0 Å². The number of alkyl halides is 1. The molecule has 0 amide bonds. The Morgan fingerprint density at radius 2 is 1.89 bits per heavy atom. The van der Waals surface area contributed by atoms with E-state index in [4.69, 9.17) is 25.6 Å². The molecule has 0 saturated heterocycles. The molecule has 0 rings (SSSR count). The van der Waals surface area contributed by atoms with E-state index in [0.717, 1.165) is 0 Å². The van der Waals surface area contributed by atoms with Gasteiger partial charge in [0, 0.05) is 14.2 Å². The van der Waals surface area contributed by atoms with Crippen molar-refractivity contribution in [2.45, 2.75) is 0 Å². The predicted octanol–water partition coefficient (Wildman–Crippen LogP) is 0.0309. The lowest BCUT2D eigenvalue weighted by Gasteiger charge is -2.21. The van der Waals surface area contributed by atoms with Crippen LogP contribution in [0.3, 0.4) is 0 Å². The van der Waals surface area contributed by atoms with Crippen LogP contribution in [0.15, 0.2) is 0 Å². The summed E-state index contributed by atoms with van der Waals surface area (Å²) in [5, 5.41) is 8.70. The van der Waals surface area contributed by atoms with Crippen molar-refractivity contribution in [3.05, 3.63) is 0 Å². The average molecular weight is 171 g/mol.